The van der Waals surface area contributed by atoms with E-state index in [0.717, 1.165) is 22.3 Å². The van der Waals surface area contributed by atoms with Gasteiger partial charge in [0.2, 0.25) is 0 Å². The Balaban J connectivity index is 2.08. The van der Waals surface area contributed by atoms with Crippen LogP contribution in [-0.2, 0) is 6.54 Å². The van der Waals surface area contributed by atoms with E-state index in [2.05, 4.69) is 44.2 Å². The number of nitrogens with zero attached hydrogens (tertiary/aromatic N) is 2. The summed E-state index contributed by atoms with van der Waals surface area (Å²) in [6.45, 7) is 2.80. The first-order valence-electron chi connectivity index (χ1n) is 5.00. The van der Waals surface area contributed by atoms with E-state index in [1.165, 1.54) is 11.9 Å². The number of aromatic nitrogens is 2. The molecule has 0 saturated heterocycles. The Kier molecular flexibility index (Phi) is 3.51. The van der Waals surface area contributed by atoms with Crippen LogP contribution in [0.25, 0.3) is 0 Å². The zero-order chi connectivity index (χ0) is 11.4. The molecule has 0 radical (unpaired) electrons. The maximum Gasteiger partial charge on any atom is 0.115 e. The lowest BCUT2D eigenvalue weighted by atomic mass is 10.2. The van der Waals surface area contributed by atoms with Gasteiger partial charge in [0.25, 0.3) is 0 Å². The van der Waals surface area contributed by atoms with Crippen LogP contribution in [-0.4, -0.2) is 9.97 Å². The Morgan fingerprint density at radius 2 is 2.00 bits per heavy atom. The highest BCUT2D eigenvalue weighted by atomic mass is 79.9. The molecule has 0 atom stereocenters. The standard InChI is InChI=1S/C12H12BrN3/c1-9-3-2-4-11(12(9)13)16-7-10-5-14-8-15-6-10/h2-6,8,16H,7H2,1H3. The number of rotatable bonds is 3. The van der Waals surface area contributed by atoms with Gasteiger partial charge in [-0.05, 0) is 34.5 Å². The molecule has 0 saturated carbocycles. The molecule has 82 valence electrons. The fourth-order valence-corrected chi connectivity index (χ4v) is 1.81. The van der Waals surface area contributed by atoms with Crippen molar-refractivity contribution >= 4 is 21.6 Å². The minimum atomic E-state index is 0.725. The maximum absolute atomic E-state index is 3.97. The highest BCUT2D eigenvalue weighted by molar-refractivity contribution is 9.10. The van der Waals surface area contributed by atoms with Crippen molar-refractivity contribution < 1.29 is 0 Å². The van der Waals surface area contributed by atoms with Gasteiger partial charge in [-0.3, -0.25) is 0 Å². The topological polar surface area (TPSA) is 37.8 Å². The van der Waals surface area contributed by atoms with Crippen molar-refractivity contribution in [1.29, 1.82) is 0 Å². The number of hydrogen-bond acceptors (Lipinski definition) is 3. The second-order valence-electron chi connectivity index (χ2n) is 3.54. The number of benzene rings is 1. The van der Waals surface area contributed by atoms with Crippen LogP contribution in [0.5, 0.6) is 0 Å². The monoisotopic (exact) mass is 277 g/mol. The minimum absolute atomic E-state index is 0.725. The van der Waals surface area contributed by atoms with Crippen molar-refractivity contribution in [2.45, 2.75) is 13.5 Å². The van der Waals surface area contributed by atoms with Crippen molar-refractivity contribution in [2.24, 2.45) is 0 Å². The number of anilines is 1. The zero-order valence-corrected chi connectivity index (χ0v) is 10.5. The summed E-state index contributed by atoms with van der Waals surface area (Å²) in [4.78, 5) is 7.95. The number of aryl methyl sites for hydroxylation is 1. The van der Waals surface area contributed by atoms with E-state index in [4.69, 9.17) is 0 Å². The average molecular weight is 278 g/mol. The van der Waals surface area contributed by atoms with Crippen LogP contribution in [0.4, 0.5) is 5.69 Å². The summed E-state index contributed by atoms with van der Waals surface area (Å²) in [5.74, 6) is 0. The largest absolute Gasteiger partial charge is 0.380 e. The predicted molar refractivity (Wildman–Crippen MR) is 68.2 cm³/mol. The van der Waals surface area contributed by atoms with Gasteiger partial charge < -0.3 is 5.32 Å². The third-order valence-corrected chi connectivity index (χ3v) is 3.34. The predicted octanol–water partition coefficient (Wildman–Crippen LogP) is 3.16. The van der Waals surface area contributed by atoms with E-state index in [1.807, 2.05) is 24.5 Å². The van der Waals surface area contributed by atoms with E-state index in [1.54, 1.807) is 0 Å². The summed E-state index contributed by atoms with van der Waals surface area (Å²) in [5, 5.41) is 3.34. The third kappa shape index (κ3) is 2.58. The number of hydrogen-bond donors (Lipinski definition) is 1. The number of nitrogens with one attached hydrogen (secondary N) is 1. The quantitative estimate of drug-likeness (QED) is 0.937. The molecule has 0 unspecified atom stereocenters. The van der Waals surface area contributed by atoms with Crippen LogP contribution in [0, 0.1) is 6.92 Å². The summed E-state index contributed by atoms with van der Waals surface area (Å²) in [7, 11) is 0. The average Bonchev–Trinajstić information content (AvgIpc) is 2.32. The Labute approximate surface area is 103 Å². The summed E-state index contributed by atoms with van der Waals surface area (Å²) in [6, 6.07) is 6.14. The van der Waals surface area contributed by atoms with Crippen molar-refractivity contribution in [3.05, 3.63) is 52.5 Å². The fraction of sp³-hybridized carbons (Fsp3) is 0.167. The van der Waals surface area contributed by atoms with Gasteiger partial charge in [-0.15, -0.1) is 0 Å². The molecule has 0 fully saturated rings. The highest BCUT2D eigenvalue weighted by Gasteiger charge is 2.01. The molecule has 3 nitrogen and oxygen atoms in total. The van der Waals surface area contributed by atoms with Gasteiger partial charge in [-0.1, -0.05) is 12.1 Å². The first kappa shape index (κ1) is 11.1. The molecular weight excluding hydrogens is 266 g/mol. The molecule has 2 rings (SSSR count). The summed E-state index contributed by atoms with van der Waals surface area (Å²) >= 11 is 3.56. The fourth-order valence-electron chi connectivity index (χ4n) is 1.40. The van der Waals surface area contributed by atoms with Crippen molar-refractivity contribution in [2.75, 3.05) is 5.32 Å². The Morgan fingerprint density at radius 3 is 2.75 bits per heavy atom. The molecule has 1 aromatic carbocycles. The van der Waals surface area contributed by atoms with E-state index in [0.29, 0.717) is 0 Å². The second kappa shape index (κ2) is 5.07. The highest BCUT2D eigenvalue weighted by Crippen LogP contribution is 2.25. The molecule has 1 aromatic heterocycles. The lowest BCUT2D eigenvalue weighted by Crippen LogP contribution is -2.01. The molecule has 0 bridgehead atoms. The normalized spacial score (nSPS) is 10.1. The van der Waals surface area contributed by atoms with Crippen molar-refractivity contribution in [1.82, 2.24) is 9.97 Å². The van der Waals surface area contributed by atoms with Crippen molar-refractivity contribution in [3.8, 4) is 0 Å². The van der Waals surface area contributed by atoms with Crippen LogP contribution >= 0.6 is 15.9 Å². The molecule has 0 aliphatic heterocycles. The lowest BCUT2D eigenvalue weighted by Gasteiger charge is -2.09. The van der Waals surface area contributed by atoms with Gasteiger partial charge in [0.15, 0.2) is 0 Å². The summed E-state index contributed by atoms with van der Waals surface area (Å²) in [5.41, 5.74) is 3.37. The van der Waals surface area contributed by atoms with Gasteiger partial charge in [-0.25, -0.2) is 9.97 Å². The molecule has 4 heteroatoms. The first-order chi connectivity index (χ1) is 7.77. The van der Waals surface area contributed by atoms with Crippen molar-refractivity contribution in [3.63, 3.8) is 0 Å². The van der Waals surface area contributed by atoms with Crippen LogP contribution in [0.3, 0.4) is 0 Å². The van der Waals surface area contributed by atoms with Crippen LogP contribution in [0.1, 0.15) is 11.1 Å². The second-order valence-corrected chi connectivity index (χ2v) is 4.33. The smallest absolute Gasteiger partial charge is 0.115 e. The van der Waals surface area contributed by atoms with Crippen LogP contribution in [0.2, 0.25) is 0 Å². The molecule has 0 spiro atoms. The zero-order valence-electron chi connectivity index (χ0n) is 8.94. The van der Waals surface area contributed by atoms with Gasteiger partial charge in [0.1, 0.15) is 6.33 Å². The Bertz CT molecular complexity index is 471. The summed E-state index contributed by atoms with van der Waals surface area (Å²) in [6.07, 6.45) is 5.15. The molecule has 1 heterocycles. The number of halogens is 1. The maximum atomic E-state index is 3.97. The van der Waals surface area contributed by atoms with Gasteiger partial charge in [0.05, 0.1) is 0 Å². The van der Waals surface area contributed by atoms with Gasteiger partial charge in [0, 0.05) is 34.7 Å². The molecule has 2 aromatic rings. The van der Waals surface area contributed by atoms with E-state index in [-0.39, 0.29) is 0 Å². The Morgan fingerprint density at radius 1 is 1.25 bits per heavy atom. The van der Waals surface area contributed by atoms with E-state index >= 15 is 0 Å². The third-order valence-electron chi connectivity index (χ3n) is 2.29. The minimum Gasteiger partial charge on any atom is -0.380 e. The first-order valence-corrected chi connectivity index (χ1v) is 5.79. The van der Waals surface area contributed by atoms with Gasteiger partial charge in [-0.2, -0.15) is 0 Å². The van der Waals surface area contributed by atoms with Gasteiger partial charge >= 0.3 is 0 Å². The molecular formula is C12H12BrN3. The van der Waals surface area contributed by atoms with Crippen LogP contribution in [0.15, 0.2) is 41.4 Å². The van der Waals surface area contributed by atoms with Crippen LogP contribution < -0.4 is 5.32 Å². The molecule has 1 N–H and O–H groups in total. The lowest BCUT2D eigenvalue weighted by molar-refractivity contribution is 1.05. The molecule has 0 aliphatic carbocycles. The molecule has 0 aliphatic rings. The van der Waals surface area contributed by atoms with E-state index < -0.39 is 0 Å². The Hall–Kier alpha value is -1.42. The molecule has 16 heavy (non-hydrogen) atoms. The molecule has 0 amide bonds. The SMILES string of the molecule is Cc1cccc(NCc2cncnc2)c1Br. The van der Waals surface area contributed by atoms with E-state index in [9.17, 15) is 0 Å². The summed E-state index contributed by atoms with van der Waals surface area (Å²) < 4.78 is 1.10.